The molecule has 3 aromatic rings. The lowest BCUT2D eigenvalue weighted by Gasteiger charge is -2.06. The van der Waals surface area contributed by atoms with E-state index in [2.05, 4.69) is 26.7 Å². The summed E-state index contributed by atoms with van der Waals surface area (Å²) in [5, 5.41) is 14.1. The van der Waals surface area contributed by atoms with Crippen LogP contribution in [0, 0.1) is 0 Å². The van der Waals surface area contributed by atoms with Crippen molar-refractivity contribution in [3.05, 3.63) is 36.1 Å². The maximum Gasteiger partial charge on any atom is 0.180 e. The van der Waals surface area contributed by atoms with Gasteiger partial charge in [0.05, 0.1) is 16.8 Å². The van der Waals surface area contributed by atoms with Gasteiger partial charge in [-0.15, -0.1) is 11.3 Å². The van der Waals surface area contributed by atoms with Crippen molar-refractivity contribution >= 4 is 22.8 Å². The number of thiophene rings is 1. The highest BCUT2D eigenvalue weighted by Crippen LogP contribution is 2.26. The molecule has 0 radical (unpaired) electrons. The standard InChI is InChI=1S/C13H14N4OS/c18-7-2-4-14-12-13-16-9-10(11-3-1-8-19-11)17(13)6-5-15-12/h1,3,5-6,8-9,18H,2,4,7H2,(H,14,15). The van der Waals surface area contributed by atoms with Crippen molar-refractivity contribution in [2.24, 2.45) is 0 Å². The Balaban J connectivity index is 1.98. The molecule has 0 amide bonds. The van der Waals surface area contributed by atoms with Crippen LogP contribution < -0.4 is 5.32 Å². The van der Waals surface area contributed by atoms with E-state index in [1.165, 1.54) is 4.88 Å². The fourth-order valence-corrected chi connectivity index (χ4v) is 2.67. The lowest BCUT2D eigenvalue weighted by atomic mass is 10.4. The Kier molecular flexibility index (Phi) is 3.43. The van der Waals surface area contributed by atoms with Gasteiger partial charge < -0.3 is 10.4 Å². The summed E-state index contributed by atoms with van der Waals surface area (Å²) in [4.78, 5) is 9.92. The first-order valence-corrected chi connectivity index (χ1v) is 6.99. The van der Waals surface area contributed by atoms with Crippen molar-refractivity contribution in [1.29, 1.82) is 0 Å². The molecular weight excluding hydrogens is 260 g/mol. The van der Waals surface area contributed by atoms with Gasteiger partial charge in [-0.1, -0.05) is 6.07 Å². The van der Waals surface area contributed by atoms with Crippen LogP contribution in [0.2, 0.25) is 0 Å². The summed E-state index contributed by atoms with van der Waals surface area (Å²) in [5.74, 6) is 0.749. The second-order valence-electron chi connectivity index (χ2n) is 4.09. The molecule has 0 spiro atoms. The monoisotopic (exact) mass is 274 g/mol. The molecule has 0 unspecified atom stereocenters. The number of aliphatic hydroxyl groups excluding tert-OH is 1. The topological polar surface area (TPSA) is 62.5 Å². The average Bonchev–Trinajstić information content (AvgIpc) is 3.07. The Hall–Kier alpha value is -1.92. The van der Waals surface area contributed by atoms with Crippen LogP contribution in [0.25, 0.3) is 16.2 Å². The number of nitrogens with one attached hydrogen (secondary N) is 1. The van der Waals surface area contributed by atoms with Crippen LogP contribution in [0.15, 0.2) is 36.1 Å². The summed E-state index contributed by atoms with van der Waals surface area (Å²) in [5.41, 5.74) is 1.88. The van der Waals surface area contributed by atoms with E-state index in [9.17, 15) is 0 Å². The summed E-state index contributed by atoms with van der Waals surface area (Å²) in [7, 11) is 0. The van der Waals surface area contributed by atoms with Crippen LogP contribution in [-0.4, -0.2) is 32.6 Å². The van der Waals surface area contributed by atoms with Crippen molar-refractivity contribution in [3.63, 3.8) is 0 Å². The molecule has 0 saturated carbocycles. The molecule has 3 heterocycles. The Morgan fingerprint density at radius 3 is 3.11 bits per heavy atom. The third-order valence-electron chi connectivity index (χ3n) is 2.83. The lowest BCUT2D eigenvalue weighted by Crippen LogP contribution is -2.06. The molecule has 0 fully saturated rings. The van der Waals surface area contributed by atoms with Crippen LogP contribution in [0.3, 0.4) is 0 Å². The zero-order chi connectivity index (χ0) is 13.1. The van der Waals surface area contributed by atoms with Crippen LogP contribution >= 0.6 is 11.3 Å². The number of fused-ring (bicyclic) bond motifs is 1. The van der Waals surface area contributed by atoms with Gasteiger partial charge in [-0.2, -0.15) is 0 Å². The predicted molar refractivity (Wildman–Crippen MR) is 76.5 cm³/mol. The maximum absolute atomic E-state index is 8.81. The number of aromatic nitrogens is 3. The molecule has 5 nitrogen and oxygen atoms in total. The average molecular weight is 274 g/mol. The molecule has 98 valence electrons. The second kappa shape index (κ2) is 5.38. The van der Waals surface area contributed by atoms with E-state index in [1.54, 1.807) is 17.5 Å². The smallest absolute Gasteiger partial charge is 0.180 e. The highest BCUT2D eigenvalue weighted by atomic mass is 32.1. The van der Waals surface area contributed by atoms with Gasteiger partial charge in [0.2, 0.25) is 0 Å². The largest absolute Gasteiger partial charge is 0.396 e. The van der Waals surface area contributed by atoms with Gasteiger partial charge in [0, 0.05) is 25.5 Å². The van der Waals surface area contributed by atoms with Crippen LogP contribution in [0.5, 0.6) is 0 Å². The molecule has 0 saturated heterocycles. The van der Waals surface area contributed by atoms with Gasteiger partial charge in [0.15, 0.2) is 11.5 Å². The third-order valence-corrected chi connectivity index (χ3v) is 3.72. The van der Waals surface area contributed by atoms with Crippen molar-refractivity contribution in [1.82, 2.24) is 14.4 Å². The van der Waals surface area contributed by atoms with Crippen molar-refractivity contribution < 1.29 is 5.11 Å². The number of hydrogen-bond acceptors (Lipinski definition) is 5. The summed E-state index contributed by atoms with van der Waals surface area (Å²) in [6.07, 6.45) is 6.23. The van der Waals surface area contributed by atoms with Crippen molar-refractivity contribution in [2.45, 2.75) is 6.42 Å². The zero-order valence-corrected chi connectivity index (χ0v) is 11.1. The number of hydrogen-bond donors (Lipinski definition) is 2. The van der Waals surface area contributed by atoms with Gasteiger partial charge in [-0.3, -0.25) is 4.40 Å². The molecule has 3 rings (SSSR count). The van der Waals surface area contributed by atoms with Crippen LogP contribution in [-0.2, 0) is 0 Å². The van der Waals surface area contributed by atoms with Crippen LogP contribution in [0.4, 0.5) is 5.82 Å². The quantitative estimate of drug-likeness (QED) is 0.701. The molecule has 0 aliphatic rings. The molecule has 0 atom stereocenters. The minimum absolute atomic E-state index is 0.172. The molecule has 0 aliphatic carbocycles. The Morgan fingerprint density at radius 2 is 2.32 bits per heavy atom. The Bertz CT molecular complexity index is 662. The second-order valence-corrected chi connectivity index (χ2v) is 5.04. The predicted octanol–water partition coefficient (Wildman–Crippen LogP) is 2.25. The minimum Gasteiger partial charge on any atom is -0.396 e. The molecule has 19 heavy (non-hydrogen) atoms. The van der Waals surface area contributed by atoms with E-state index in [0.717, 1.165) is 17.2 Å². The number of aliphatic hydroxyl groups is 1. The summed E-state index contributed by atoms with van der Waals surface area (Å²) in [6.45, 7) is 0.857. The molecule has 0 aromatic carbocycles. The molecule has 0 aliphatic heterocycles. The number of anilines is 1. The first-order chi connectivity index (χ1) is 9.40. The van der Waals surface area contributed by atoms with E-state index in [0.29, 0.717) is 13.0 Å². The number of rotatable bonds is 5. The summed E-state index contributed by atoms with van der Waals surface area (Å²) in [6, 6.07) is 4.11. The molecule has 3 aromatic heterocycles. The molecule has 6 heteroatoms. The van der Waals surface area contributed by atoms with Crippen molar-refractivity contribution in [2.75, 3.05) is 18.5 Å². The van der Waals surface area contributed by atoms with E-state index in [-0.39, 0.29) is 6.61 Å². The summed E-state index contributed by atoms with van der Waals surface area (Å²) >= 11 is 1.69. The van der Waals surface area contributed by atoms with Gasteiger partial charge in [-0.25, -0.2) is 9.97 Å². The van der Waals surface area contributed by atoms with Gasteiger partial charge >= 0.3 is 0 Å². The highest BCUT2D eigenvalue weighted by Gasteiger charge is 2.10. The van der Waals surface area contributed by atoms with E-state index in [1.807, 2.05) is 22.9 Å². The number of imidazole rings is 1. The Labute approximate surface area is 114 Å². The zero-order valence-electron chi connectivity index (χ0n) is 10.3. The van der Waals surface area contributed by atoms with E-state index >= 15 is 0 Å². The van der Waals surface area contributed by atoms with Crippen molar-refractivity contribution in [3.8, 4) is 10.6 Å². The van der Waals surface area contributed by atoms with E-state index in [4.69, 9.17) is 5.11 Å². The lowest BCUT2D eigenvalue weighted by molar-refractivity contribution is 0.292. The van der Waals surface area contributed by atoms with Crippen LogP contribution in [0.1, 0.15) is 6.42 Å². The highest BCUT2D eigenvalue weighted by molar-refractivity contribution is 7.13. The fraction of sp³-hybridized carbons (Fsp3) is 0.231. The van der Waals surface area contributed by atoms with Gasteiger partial charge in [-0.05, 0) is 17.9 Å². The molecule has 2 N–H and O–H groups in total. The molecule has 0 bridgehead atoms. The number of nitrogens with zero attached hydrogens (tertiary/aromatic N) is 3. The SMILES string of the molecule is OCCCNc1nccn2c(-c3cccs3)cnc12. The Morgan fingerprint density at radius 1 is 1.37 bits per heavy atom. The maximum atomic E-state index is 8.81. The normalized spacial score (nSPS) is 11.0. The fourth-order valence-electron chi connectivity index (χ4n) is 1.94. The van der Waals surface area contributed by atoms with Gasteiger partial charge in [0.25, 0.3) is 0 Å². The third kappa shape index (κ3) is 2.32. The first kappa shape index (κ1) is 12.1. The summed E-state index contributed by atoms with van der Waals surface area (Å²) < 4.78 is 2.03. The van der Waals surface area contributed by atoms with Gasteiger partial charge in [0.1, 0.15) is 0 Å². The first-order valence-electron chi connectivity index (χ1n) is 6.11. The van der Waals surface area contributed by atoms with E-state index < -0.39 is 0 Å². The molecular formula is C13H14N4OS. The minimum atomic E-state index is 0.172.